The molecular weight excluding hydrogens is 202 g/mol. The third-order valence-electron chi connectivity index (χ3n) is 2.45. The zero-order valence-corrected chi connectivity index (χ0v) is 9.53. The molecule has 16 heavy (non-hydrogen) atoms. The van der Waals surface area contributed by atoms with Crippen LogP contribution in [0.4, 0.5) is 0 Å². The van der Waals surface area contributed by atoms with Gasteiger partial charge in [-0.2, -0.15) is 0 Å². The molecule has 1 N–H and O–H groups in total. The minimum absolute atomic E-state index is 0.684. The topological polar surface area (TPSA) is 51.0 Å². The van der Waals surface area contributed by atoms with Crippen molar-refractivity contribution >= 4 is 0 Å². The largest absolute Gasteiger partial charge is 0.307 e. The van der Waals surface area contributed by atoms with Gasteiger partial charge in [0.1, 0.15) is 11.4 Å². The fourth-order valence-electron chi connectivity index (χ4n) is 1.56. The van der Waals surface area contributed by atoms with E-state index in [1.54, 1.807) is 0 Å². The third-order valence-corrected chi connectivity index (χ3v) is 2.45. The van der Waals surface area contributed by atoms with Crippen LogP contribution < -0.4 is 5.32 Å². The van der Waals surface area contributed by atoms with E-state index in [0.717, 1.165) is 17.9 Å². The molecule has 0 spiro atoms. The Labute approximate surface area is 94.6 Å². The summed E-state index contributed by atoms with van der Waals surface area (Å²) < 4.78 is 4.63. The summed E-state index contributed by atoms with van der Waals surface area (Å²) >= 11 is 0. The van der Waals surface area contributed by atoms with Crippen LogP contribution in [0.25, 0.3) is 0 Å². The first-order valence-corrected chi connectivity index (χ1v) is 5.30. The molecule has 2 aromatic rings. The van der Waals surface area contributed by atoms with E-state index >= 15 is 0 Å². The van der Waals surface area contributed by atoms with Crippen molar-refractivity contribution in [3.8, 4) is 0 Å². The Hall–Kier alpha value is -1.68. The average molecular weight is 217 g/mol. The first kappa shape index (κ1) is 10.8. The van der Waals surface area contributed by atoms with Gasteiger partial charge in [-0.05, 0) is 19.4 Å². The molecule has 0 aliphatic carbocycles. The summed E-state index contributed by atoms with van der Waals surface area (Å²) in [6, 6.07) is 8.43. The Balaban J connectivity index is 1.87. The quantitative estimate of drug-likeness (QED) is 0.850. The van der Waals surface area contributed by atoms with E-state index in [9.17, 15) is 0 Å². The van der Waals surface area contributed by atoms with Crippen molar-refractivity contribution in [2.75, 3.05) is 0 Å². The van der Waals surface area contributed by atoms with E-state index in [-0.39, 0.29) is 0 Å². The summed E-state index contributed by atoms with van der Waals surface area (Å²) in [5.41, 5.74) is 4.26. The highest BCUT2D eigenvalue weighted by atomic mass is 16.6. The van der Waals surface area contributed by atoms with Gasteiger partial charge in [0.25, 0.3) is 0 Å². The van der Waals surface area contributed by atoms with Crippen LogP contribution in [0, 0.1) is 13.8 Å². The zero-order valence-electron chi connectivity index (χ0n) is 9.53. The highest BCUT2D eigenvalue weighted by Crippen LogP contribution is 2.04. The SMILES string of the molecule is Cc1cccc(CNCc2nonc2C)c1. The fraction of sp³-hybridized carbons (Fsp3) is 0.333. The van der Waals surface area contributed by atoms with Crippen molar-refractivity contribution in [2.24, 2.45) is 0 Å². The Morgan fingerprint density at radius 3 is 2.75 bits per heavy atom. The lowest BCUT2D eigenvalue weighted by atomic mass is 10.1. The van der Waals surface area contributed by atoms with Crippen LogP contribution in [0.15, 0.2) is 28.9 Å². The van der Waals surface area contributed by atoms with Crippen LogP contribution in [-0.2, 0) is 13.1 Å². The molecule has 4 nitrogen and oxygen atoms in total. The average Bonchev–Trinajstić information content (AvgIpc) is 2.65. The molecule has 1 heterocycles. The second kappa shape index (κ2) is 4.90. The molecule has 84 valence electrons. The van der Waals surface area contributed by atoms with Crippen LogP contribution in [-0.4, -0.2) is 10.3 Å². The molecule has 1 aromatic heterocycles. The summed E-state index contributed by atoms with van der Waals surface area (Å²) in [4.78, 5) is 0. The predicted molar refractivity (Wildman–Crippen MR) is 60.8 cm³/mol. The van der Waals surface area contributed by atoms with Crippen molar-refractivity contribution in [3.05, 3.63) is 46.8 Å². The maximum atomic E-state index is 4.63. The monoisotopic (exact) mass is 217 g/mol. The number of hydrogen-bond acceptors (Lipinski definition) is 4. The van der Waals surface area contributed by atoms with Crippen LogP contribution >= 0.6 is 0 Å². The number of aromatic nitrogens is 2. The van der Waals surface area contributed by atoms with Gasteiger partial charge in [-0.3, -0.25) is 0 Å². The van der Waals surface area contributed by atoms with Crippen molar-refractivity contribution in [1.82, 2.24) is 15.6 Å². The van der Waals surface area contributed by atoms with E-state index in [1.807, 2.05) is 6.92 Å². The van der Waals surface area contributed by atoms with Gasteiger partial charge < -0.3 is 5.32 Å². The molecule has 0 saturated carbocycles. The third kappa shape index (κ3) is 2.67. The summed E-state index contributed by atoms with van der Waals surface area (Å²) in [5, 5.41) is 10.9. The molecule has 0 bridgehead atoms. The Kier molecular flexibility index (Phi) is 3.31. The number of nitrogens with one attached hydrogen (secondary N) is 1. The summed E-state index contributed by atoms with van der Waals surface area (Å²) in [7, 11) is 0. The molecular formula is C12H15N3O. The number of hydrogen-bond donors (Lipinski definition) is 1. The molecule has 4 heteroatoms. The van der Waals surface area contributed by atoms with Gasteiger partial charge in [0.2, 0.25) is 0 Å². The number of rotatable bonds is 4. The normalized spacial score (nSPS) is 10.6. The smallest absolute Gasteiger partial charge is 0.121 e. The van der Waals surface area contributed by atoms with Gasteiger partial charge in [0, 0.05) is 13.1 Å². The summed E-state index contributed by atoms with van der Waals surface area (Å²) in [6.45, 7) is 5.49. The molecule has 0 atom stereocenters. The second-order valence-corrected chi connectivity index (χ2v) is 3.89. The van der Waals surface area contributed by atoms with Crippen LogP contribution in [0.2, 0.25) is 0 Å². The van der Waals surface area contributed by atoms with Crippen molar-refractivity contribution in [3.63, 3.8) is 0 Å². The number of aryl methyl sites for hydroxylation is 2. The maximum Gasteiger partial charge on any atom is 0.121 e. The molecule has 2 rings (SSSR count). The van der Waals surface area contributed by atoms with Crippen LogP contribution in [0.5, 0.6) is 0 Å². The van der Waals surface area contributed by atoms with E-state index in [2.05, 4.69) is 51.4 Å². The lowest BCUT2D eigenvalue weighted by molar-refractivity contribution is 0.300. The van der Waals surface area contributed by atoms with Gasteiger partial charge in [-0.15, -0.1) is 0 Å². The molecule has 0 fully saturated rings. The van der Waals surface area contributed by atoms with Gasteiger partial charge in [-0.25, -0.2) is 4.63 Å². The Morgan fingerprint density at radius 1 is 1.19 bits per heavy atom. The predicted octanol–water partition coefficient (Wildman–Crippen LogP) is 1.98. The van der Waals surface area contributed by atoms with Crippen molar-refractivity contribution in [2.45, 2.75) is 26.9 Å². The first-order valence-electron chi connectivity index (χ1n) is 5.30. The van der Waals surface area contributed by atoms with Gasteiger partial charge >= 0.3 is 0 Å². The molecule has 1 aromatic carbocycles. The molecule has 0 saturated heterocycles. The summed E-state index contributed by atoms with van der Waals surface area (Å²) in [6.07, 6.45) is 0. The number of nitrogens with zero attached hydrogens (tertiary/aromatic N) is 2. The first-order chi connectivity index (χ1) is 7.75. The van der Waals surface area contributed by atoms with Gasteiger partial charge in [-0.1, -0.05) is 40.1 Å². The van der Waals surface area contributed by atoms with Crippen molar-refractivity contribution < 1.29 is 4.63 Å². The molecule has 0 unspecified atom stereocenters. The van der Waals surface area contributed by atoms with Crippen LogP contribution in [0.1, 0.15) is 22.5 Å². The summed E-state index contributed by atoms with van der Waals surface area (Å²) in [5.74, 6) is 0. The van der Waals surface area contributed by atoms with Crippen molar-refractivity contribution in [1.29, 1.82) is 0 Å². The minimum Gasteiger partial charge on any atom is -0.307 e. The second-order valence-electron chi connectivity index (χ2n) is 3.89. The van der Waals surface area contributed by atoms with E-state index in [4.69, 9.17) is 0 Å². The molecule has 0 amide bonds. The molecule has 0 aliphatic rings. The van der Waals surface area contributed by atoms with Crippen LogP contribution in [0.3, 0.4) is 0 Å². The maximum absolute atomic E-state index is 4.63. The van der Waals surface area contributed by atoms with E-state index in [1.165, 1.54) is 11.1 Å². The highest BCUT2D eigenvalue weighted by molar-refractivity contribution is 5.22. The Bertz CT molecular complexity index is 465. The lowest BCUT2D eigenvalue weighted by Crippen LogP contribution is -2.13. The number of benzene rings is 1. The zero-order chi connectivity index (χ0) is 11.4. The standard InChI is InChI=1S/C12H15N3O/c1-9-4-3-5-11(6-9)7-13-8-12-10(2)14-16-15-12/h3-6,13H,7-8H2,1-2H3. The minimum atomic E-state index is 0.684. The lowest BCUT2D eigenvalue weighted by Gasteiger charge is -2.03. The Morgan fingerprint density at radius 2 is 2.06 bits per heavy atom. The van der Waals surface area contributed by atoms with E-state index < -0.39 is 0 Å². The molecule has 0 radical (unpaired) electrons. The molecule has 0 aliphatic heterocycles. The van der Waals surface area contributed by atoms with Gasteiger partial charge in [0.05, 0.1) is 0 Å². The fourth-order valence-corrected chi connectivity index (χ4v) is 1.56. The highest BCUT2D eigenvalue weighted by Gasteiger charge is 2.03. The van der Waals surface area contributed by atoms with E-state index in [0.29, 0.717) is 6.54 Å². The van der Waals surface area contributed by atoms with Gasteiger partial charge in [0.15, 0.2) is 0 Å².